The van der Waals surface area contributed by atoms with Crippen molar-refractivity contribution in [2.75, 3.05) is 0 Å². The Morgan fingerprint density at radius 3 is 2.68 bits per heavy atom. The molecule has 2 aromatic heterocycles. The minimum absolute atomic E-state index is 0.0402. The Morgan fingerprint density at radius 2 is 2.16 bits per heavy atom. The molecule has 0 aliphatic rings. The number of rotatable bonds is 4. The van der Waals surface area contributed by atoms with Crippen molar-refractivity contribution in [1.29, 1.82) is 0 Å². The highest BCUT2D eigenvalue weighted by Crippen LogP contribution is 2.04. The third kappa shape index (κ3) is 2.98. The topological polar surface area (TPSA) is 88.5 Å². The molecular formula is C12H18N6O. The molecule has 0 aliphatic heterocycles. The van der Waals surface area contributed by atoms with E-state index in [-0.39, 0.29) is 11.9 Å². The van der Waals surface area contributed by atoms with E-state index in [0.717, 1.165) is 11.4 Å². The predicted molar refractivity (Wildman–Crippen MR) is 69.7 cm³/mol. The highest BCUT2D eigenvalue weighted by Gasteiger charge is 2.16. The maximum atomic E-state index is 12.0. The van der Waals surface area contributed by atoms with Gasteiger partial charge >= 0.3 is 0 Å². The number of carbonyl (C=O) groups is 1. The monoisotopic (exact) mass is 262 g/mol. The summed E-state index contributed by atoms with van der Waals surface area (Å²) in [6, 6.07) is 1.97. The van der Waals surface area contributed by atoms with Gasteiger partial charge in [0.25, 0.3) is 5.91 Å². The van der Waals surface area contributed by atoms with Gasteiger partial charge in [0.2, 0.25) is 0 Å². The molecule has 1 atom stereocenters. The second kappa shape index (κ2) is 5.21. The Kier molecular flexibility index (Phi) is 3.64. The Labute approximate surface area is 111 Å². The fourth-order valence-corrected chi connectivity index (χ4v) is 1.96. The lowest BCUT2D eigenvalue weighted by Gasteiger charge is -2.14. The number of aromatic nitrogens is 5. The standard InChI is InChI=1S/C12H18N6O/c1-7-5-9(3)18(16-7)6-8(2)13-12(19)11-10(4)14-17-15-11/h5,8H,6H2,1-4H3,(H,13,19)(H,14,15,17)/t8-/m1/s1. The van der Waals surface area contributed by atoms with Crippen LogP contribution in [0.2, 0.25) is 0 Å². The lowest BCUT2D eigenvalue weighted by atomic mass is 10.2. The Bertz CT molecular complexity index is 585. The van der Waals surface area contributed by atoms with Crippen LogP contribution in [-0.4, -0.2) is 37.1 Å². The van der Waals surface area contributed by atoms with E-state index in [1.54, 1.807) is 6.92 Å². The van der Waals surface area contributed by atoms with E-state index in [9.17, 15) is 4.79 Å². The first-order chi connectivity index (χ1) is 8.97. The van der Waals surface area contributed by atoms with Crippen molar-refractivity contribution in [2.24, 2.45) is 0 Å². The van der Waals surface area contributed by atoms with Crippen LogP contribution in [0.15, 0.2) is 6.07 Å². The fraction of sp³-hybridized carbons (Fsp3) is 0.500. The highest BCUT2D eigenvalue weighted by molar-refractivity contribution is 5.93. The first-order valence-corrected chi connectivity index (χ1v) is 6.16. The Hall–Kier alpha value is -2.18. The minimum atomic E-state index is -0.222. The summed E-state index contributed by atoms with van der Waals surface area (Å²) in [6.45, 7) is 8.25. The third-order valence-corrected chi connectivity index (χ3v) is 2.86. The summed E-state index contributed by atoms with van der Waals surface area (Å²) >= 11 is 0. The molecule has 0 aliphatic carbocycles. The molecule has 7 heteroatoms. The molecule has 2 heterocycles. The molecule has 2 N–H and O–H groups in total. The second-order valence-electron chi connectivity index (χ2n) is 4.74. The van der Waals surface area contributed by atoms with E-state index >= 15 is 0 Å². The maximum absolute atomic E-state index is 12.0. The van der Waals surface area contributed by atoms with Crippen LogP contribution in [0, 0.1) is 20.8 Å². The summed E-state index contributed by atoms with van der Waals surface area (Å²) in [4.78, 5) is 12.0. The van der Waals surface area contributed by atoms with Crippen LogP contribution < -0.4 is 5.32 Å². The molecule has 0 bridgehead atoms. The van der Waals surface area contributed by atoms with Crippen molar-refractivity contribution >= 4 is 5.91 Å². The van der Waals surface area contributed by atoms with Gasteiger partial charge in [-0.1, -0.05) is 0 Å². The molecule has 0 fully saturated rings. The van der Waals surface area contributed by atoms with Crippen LogP contribution in [0.5, 0.6) is 0 Å². The van der Waals surface area contributed by atoms with Crippen LogP contribution in [0.1, 0.15) is 34.5 Å². The van der Waals surface area contributed by atoms with Gasteiger partial charge in [-0.05, 0) is 33.8 Å². The number of hydrogen-bond donors (Lipinski definition) is 2. The van der Waals surface area contributed by atoms with E-state index in [1.165, 1.54) is 0 Å². The molecule has 2 aromatic rings. The zero-order valence-corrected chi connectivity index (χ0v) is 11.6. The zero-order valence-electron chi connectivity index (χ0n) is 11.6. The summed E-state index contributed by atoms with van der Waals surface area (Å²) in [5.41, 5.74) is 2.98. The lowest BCUT2D eigenvalue weighted by Crippen LogP contribution is -2.36. The van der Waals surface area contributed by atoms with Crippen molar-refractivity contribution in [3.05, 3.63) is 28.8 Å². The van der Waals surface area contributed by atoms with E-state index in [0.29, 0.717) is 17.9 Å². The zero-order chi connectivity index (χ0) is 14.0. The third-order valence-electron chi connectivity index (χ3n) is 2.86. The molecule has 0 aromatic carbocycles. The first-order valence-electron chi connectivity index (χ1n) is 6.16. The van der Waals surface area contributed by atoms with Gasteiger partial charge in [0, 0.05) is 11.7 Å². The van der Waals surface area contributed by atoms with Gasteiger partial charge in [-0.25, -0.2) is 0 Å². The molecule has 0 saturated heterocycles. The first kappa shape index (κ1) is 13.3. The largest absolute Gasteiger partial charge is 0.346 e. The number of aromatic amines is 1. The van der Waals surface area contributed by atoms with Gasteiger partial charge in [-0.15, -0.1) is 0 Å². The van der Waals surface area contributed by atoms with Crippen molar-refractivity contribution in [3.8, 4) is 0 Å². The average Bonchev–Trinajstić information content (AvgIpc) is 2.85. The van der Waals surface area contributed by atoms with Crippen molar-refractivity contribution in [1.82, 2.24) is 30.5 Å². The van der Waals surface area contributed by atoms with E-state index in [4.69, 9.17) is 0 Å². The van der Waals surface area contributed by atoms with Crippen molar-refractivity contribution in [2.45, 2.75) is 40.3 Å². The van der Waals surface area contributed by atoms with Gasteiger partial charge in [-0.2, -0.15) is 20.5 Å². The maximum Gasteiger partial charge on any atom is 0.274 e. The Morgan fingerprint density at radius 1 is 1.42 bits per heavy atom. The van der Waals surface area contributed by atoms with Gasteiger partial charge in [0.1, 0.15) is 0 Å². The molecule has 7 nitrogen and oxygen atoms in total. The van der Waals surface area contributed by atoms with Crippen LogP contribution >= 0.6 is 0 Å². The summed E-state index contributed by atoms with van der Waals surface area (Å²) in [7, 11) is 0. The number of carbonyl (C=O) groups excluding carboxylic acids is 1. The summed E-state index contributed by atoms with van der Waals surface area (Å²) in [6.07, 6.45) is 0. The molecule has 0 radical (unpaired) electrons. The number of nitrogens with one attached hydrogen (secondary N) is 2. The summed E-state index contributed by atoms with van der Waals surface area (Å²) in [5, 5.41) is 17.3. The number of hydrogen-bond acceptors (Lipinski definition) is 4. The molecule has 1 amide bonds. The lowest BCUT2D eigenvalue weighted by molar-refractivity contribution is 0.0930. The fourth-order valence-electron chi connectivity index (χ4n) is 1.96. The number of amides is 1. The van der Waals surface area contributed by atoms with Gasteiger partial charge in [-0.3, -0.25) is 9.48 Å². The molecular weight excluding hydrogens is 244 g/mol. The molecule has 19 heavy (non-hydrogen) atoms. The van der Waals surface area contributed by atoms with Crippen LogP contribution in [0.3, 0.4) is 0 Å². The van der Waals surface area contributed by atoms with Gasteiger partial charge in [0.15, 0.2) is 5.69 Å². The van der Waals surface area contributed by atoms with E-state index < -0.39 is 0 Å². The Balaban J connectivity index is 1.98. The number of nitrogens with zero attached hydrogens (tertiary/aromatic N) is 4. The van der Waals surface area contributed by atoms with Crippen molar-refractivity contribution < 1.29 is 4.79 Å². The van der Waals surface area contributed by atoms with E-state index in [1.807, 2.05) is 31.5 Å². The minimum Gasteiger partial charge on any atom is -0.346 e. The predicted octanol–water partition coefficient (Wildman–Crippen LogP) is 0.745. The molecule has 0 saturated carbocycles. The SMILES string of the molecule is Cc1cc(C)n(C[C@@H](C)NC(=O)c2n[nH]nc2C)n1. The quantitative estimate of drug-likeness (QED) is 0.850. The second-order valence-corrected chi connectivity index (χ2v) is 4.74. The smallest absolute Gasteiger partial charge is 0.274 e. The van der Waals surface area contributed by atoms with E-state index in [2.05, 4.69) is 25.8 Å². The van der Waals surface area contributed by atoms with Crippen LogP contribution in [0.4, 0.5) is 0 Å². The molecule has 0 spiro atoms. The normalized spacial score (nSPS) is 12.4. The average molecular weight is 262 g/mol. The molecule has 102 valence electrons. The summed E-state index contributed by atoms with van der Waals surface area (Å²) < 4.78 is 1.88. The number of H-pyrrole nitrogens is 1. The van der Waals surface area contributed by atoms with Gasteiger partial charge < -0.3 is 5.32 Å². The van der Waals surface area contributed by atoms with Gasteiger partial charge in [0.05, 0.1) is 17.9 Å². The molecule has 0 unspecified atom stereocenters. The van der Waals surface area contributed by atoms with Crippen molar-refractivity contribution in [3.63, 3.8) is 0 Å². The van der Waals surface area contributed by atoms with Crippen LogP contribution in [-0.2, 0) is 6.54 Å². The molecule has 2 rings (SSSR count). The number of aryl methyl sites for hydroxylation is 3. The van der Waals surface area contributed by atoms with Crippen LogP contribution in [0.25, 0.3) is 0 Å². The highest BCUT2D eigenvalue weighted by atomic mass is 16.2. The summed E-state index contributed by atoms with van der Waals surface area (Å²) in [5.74, 6) is -0.222.